The number of pyridine rings is 1. The lowest BCUT2D eigenvalue weighted by molar-refractivity contribution is -0.141. The van der Waals surface area contributed by atoms with Crippen LogP contribution in [0.15, 0.2) is 24.5 Å². The van der Waals surface area contributed by atoms with E-state index < -0.39 is 5.60 Å². The number of ether oxygens (including phenoxy) is 1. The van der Waals surface area contributed by atoms with E-state index in [1.165, 1.54) is 0 Å². The quantitative estimate of drug-likeness (QED) is 0.854. The second-order valence-corrected chi connectivity index (χ2v) is 6.01. The minimum Gasteiger partial charge on any atom is -0.376 e. The number of piperidine rings is 1. The Morgan fingerprint density at radius 1 is 1.39 bits per heavy atom. The molecule has 6 heteroatoms. The van der Waals surface area contributed by atoms with Crippen LogP contribution in [0, 0.1) is 0 Å². The summed E-state index contributed by atoms with van der Waals surface area (Å²) in [7, 11) is 3.30. The molecule has 0 aliphatic carbocycles. The highest BCUT2D eigenvalue weighted by atomic mass is 16.5. The van der Waals surface area contributed by atoms with Crippen LogP contribution >= 0.6 is 0 Å². The average Bonchev–Trinajstić information content (AvgIpc) is 2.60. The summed E-state index contributed by atoms with van der Waals surface area (Å²) in [4.78, 5) is 29.9. The molecule has 1 aliphatic heterocycles. The molecule has 0 bridgehead atoms. The second-order valence-electron chi connectivity index (χ2n) is 6.01. The van der Waals surface area contributed by atoms with Crippen molar-refractivity contribution in [3.63, 3.8) is 0 Å². The maximum absolute atomic E-state index is 12.5. The molecule has 0 aromatic carbocycles. The summed E-state index contributed by atoms with van der Waals surface area (Å²) >= 11 is 0. The highest BCUT2D eigenvalue weighted by molar-refractivity contribution is 5.79. The zero-order chi connectivity index (χ0) is 16.7. The molecule has 1 aromatic heterocycles. The fraction of sp³-hybridized carbons (Fsp3) is 0.588. The Bertz CT molecular complexity index is 535. The van der Waals surface area contributed by atoms with Crippen LogP contribution in [-0.4, -0.2) is 54.5 Å². The summed E-state index contributed by atoms with van der Waals surface area (Å²) < 4.78 is 5.72. The number of carbonyl (C=O) groups excluding carboxylic acids is 2. The molecule has 1 aliphatic rings. The van der Waals surface area contributed by atoms with E-state index in [1.807, 2.05) is 17.0 Å². The minimum atomic E-state index is -0.418. The lowest BCUT2D eigenvalue weighted by atomic mass is 9.87. The molecule has 6 nitrogen and oxygen atoms in total. The third kappa shape index (κ3) is 4.76. The fourth-order valence-electron chi connectivity index (χ4n) is 3.04. The number of carbonyl (C=O) groups is 2. The highest BCUT2D eigenvalue weighted by Gasteiger charge is 2.37. The van der Waals surface area contributed by atoms with Gasteiger partial charge in [0.2, 0.25) is 11.8 Å². The predicted octanol–water partition coefficient (Wildman–Crippen LogP) is 1.16. The molecule has 1 fully saturated rings. The first kappa shape index (κ1) is 17.4. The number of nitrogens with zero attached hydrogens (tertiary/aromatic N) is 2. The van der Waals surface area contributed by atoms with Gasteiger partial charge in [0.15, 0.2) is 0 Å². The van der Waals surface area contributed by atoms with Crippen LogP contribution in [0.25, 0.3) is 0 Å². The molecule has 1 unspecified atom stereocenters. The Morgan fingerprint density at radius 3 is 2.78 bits per heavy atom. The van der Waals surface area contributed by atoms with E-state index in [1.54, 1.807) is 26.6 Å². The predicted molar refractivity (Wildman–Crippen MR) is 86.8 cm³/mol. The Kier molecular flexibility index (Phi) is 6.10. The molecule has 0 saturated carbocycles. The van der Waals surface area contributed by atoms with Gasteiger partial charge in [0.25, 0.3) is 0 Å². The lowest BCUT2D eigenvalue weighted by Gasteiger charge is -2.42. The second kappa shape index (κ2) is 8.06. The lowest BCUT2D eigenvalue weighted by Crippen LogP contribution is -2.52. The van der Waals surface area contributed by atoms with Gasteiger partial charge in [-0.25, -0.2) is 0 Å². The van der Waals surface area contributed by atoms with Gasteiger partial charge in [-0.3, -0.25) is 14.6 Å². The summed E-state index contributed by atoms with van der Waals surface area (Å²) in [6.45, 7) is 1.29. The smallest absolute Gasteiger partial charge is 0.227 e. The number of hydrogen-bond acceptors (Lipinski definition) is 4. The van der Waals surface area contributed by atoms with Gasteiger partial charge >= 0.3 is 0 Å². The molecular formula is C17H25N3O3. The molecule has 0 spiro atoms. The minimum absolute atomic E-state index is 0.00154. The Labute approximate surface area is 137 Å². The highest BCUT2D eigenvalue weighted by Crippen LogP contribution is 2.29. The molecule has 1 atom stereocenters. The average molecular weight is 319 g/mol. The largest absolute Gasteiger partial charge is 0.376 e. The van der Waals surface area contributed by atoms with Crippen LogP contribution < -0.4 is 5.32 Å². The van der Waals surface area contributed by atoms with Crippen LogP contribution in [0.1, 0.15) is 31.2 Å². The van der Waals surface area contributed by atoms with Gasteiger partial charge in [-0.05, 0) is 37.0 Å². The Morgan fingerprint density at radius 2 is 2.13 bits per heavy atom. The van der Waals surface area contributed by atoms with E-state index in [0.717, 1.165) is 24.9 Å². The summed E-state index contributed by atoms with van der Waals surface area (Å²) in [6.07, 6.45) is 6.57. The zero-order valence-electron chi connectivity index (χ0n) is 13.9. The number of methoxy groups -OCH3 is 1. The van der Waals surface area contributed by atoms with Crippen molar-refractivity contribution >= 4 is 11.8 Å². The number of nitrogens with one attached hydrogen (secondary N) is 1. The van der Waals surface area contributed by atoms with Crippen molar-refractivity contribution in [2.45, 2.75) is 37.7 Å². The third-order valence-corrected chi connectivity index (χ3v) is 4.52. The van der Waals surface area contributed by atoms with Crippen LogP contribution in [0.3, 0.4) is 0 Å². The van der Waals surface area contributed by atoms with E-state index >= 15 is 0 Å². The van der Waals surface area contributed by atoms with Gasteiger partial charge in [0.05, 0.1) is 12.0 Å². The molecule has 1 N–H and O–H groups in total. The van der Waals surface area contributed by atoms with Crippen molar-refractivity contribution in [2.24, 2.45) is 0 Å². The van der Waals surface area contributed by atoms with Crippen molar-refractivity contribution in [1.29, 1.82) is 0 Å². The van der Waals surface area contributed by atoms with E-state index in [-0.39, 0.29) is 11.8 Å². The summed E-state index contributed by atoms with van der Waals surface area (Å²) in [5.41, 5.74) is 0.544. The van der Waals surface area contributed by atoms with E-state index in [4.69, 9.17) is 4.74 Å². The molecule has 1 saturated heterocycles. The van der Waals surface area contributed by atoms with E-state index in [2.05, 4.69) is 10.3 Å². The van der Waals surface area contributed by atoms with Crippen molar-refractivity contribution in [3.05, 3.63) is 30.1 Å². The Hall–Kier alpha value is -1.95. The summed E-state index contributed by atoms with van der Waals surface area (Å²) in [5, 5.41) is 2.63. The van der Waals surface area contributed by atoms with Crippen molar-refractivity contribution < 1.29 is 14.3 Å². The van der Waals surface area contributed by atoms with Crippen LogP contribution in [0.5, 0.6) is 0 Å². The van der Waals surface area contributed by atoms with Gasteiger partial charge in [0.1, 0.15) is 0 Å². The maximum atomic E-state index is 12.5. The number of amides is 2. The van der Waals surface area contributed by atoms with Crippen LogP contribution in [-0.2, 0) is 20.7 Å². The molecule has 126 valence electrons. The standard InChI is InChI=1S/C17H25N3O3/c1-18-15(21)4-8-17(23-2)7-3-11-20(13-17)16(22)12-14-5-9-19-10-6-14/h5-6,9-10H,3-4,7-8,11-13H2,1-2H3,(H,18,21). The number of likely N-dealkylation sites (tertiary alicyclic amines) is 1. The van der Waals surface area contributed by atoms with Gasteiger partial charge < -0.3 is 15.0 Å². The molecule has 2 heterocycles. The number of rotatable bonds is 6. The van der Waals surface area contributed by atoms with Crippen molar-refractivity contribution in [3.8, 4) is 0 Å². The van der Waals surface area contributed by atoms with Gasteiger partial charge in [0, 0.05) is 46.1 Å². The Balaban J connectivity index is 1.97. The zero-order valence-corrected chi connectivity index (χ0v) is 13.9. The van der Waals surface area contributed by atoms with Crippen LogP contribution in [0.2, 0.25) is 0 Å². The molecule has 2 rings (SSSR count). The van der Waals surface area contributed by atoms with E-state index in [9.17, 15) is 9.59 Å². The third-order valence-electron chi connectivity index (χ3n) is 4.52. The van der Waals surface area contributed by atoms with Gasteiger partial charge in [-0.15, -0.1) is 0 Å². The van der Waals surface area contributed by atoms with Crippen molar-refractivity contribution in [1.82, 2.24) is 15.2 Å². The van der Waals surface area contributed by atoms with Gasteiger partial charge in [-0.1, -0.05) is 0 Å². The maximum Gasteiger partial charge on any atom is 0.227 e. The molecule has 23 heavy (non-hydrogen) atoms. The van der Waals surface area contributed by atoms with Crippen molar-refractivity contribution in [2.75, 3.05) is 27.2 Å². The first-order valence-corrected chi connectivity index (χ1v) is 8.01. The SMILES string of the molecule is CNC(=O)CCC1(OC)CCCN(C(=O)Cc2ccncc2)C1. The number of aromatic nitrogens is 1. The normalized spacial score (nSPS) is 21.0. The molecule has 2 amide bonds. The summed E-state index contributed by atoms with van der Waals surface area (Å²) in [6, 6.07) is 3.72. The molecule has 1 aromatic rings. The van der Waals surface area contributed by atoms with E-state index in [0.29, 0.717) is 25.8 Å². The topological polar surface area (TPSA) is 71.5 Å². The van der Waals surface area contributed by atoms with Crippen LogP contribution in [0.4, 0.5) is 0 Å². The molecular weight excluding hydrogens is 294 g/mol. The van der Waals surface area contributed by atoms with Gasteiger partial charge in [-0.2, -0.15) is 0 Å². The molecule has 0 radical (unpaired) electrons. The monoisotopic (exact) mass is 319 g/mol. The fourth-order valence-corrected chi connectivity index (χ4v) is 3.04. The number of hydrogen-bond donors (Lipinski definition) is 1. The summed E-state index contributed by atoms with van der Waals surface area (Å²) in [5.74, 6) is 0.0962. The first-order chi connectivity index (χ1) is 11.1. The first-order valence-electron chi connectivity index (χ1n) is 8.01.